The van der Waals surface area contributed by atoms with Crippen LogP contribution in [0, 0.1) is 13.8 Å². The van der Waals surface area contributed by atoms with Crippen LogP contribution in [0.1, 0.15) is 39.1 Å². The standard InChI is InChI=1S/C27H26N6O2.C17H18BrN5O2.C16H20N2O2/c1-19-5-7-23-22(3-2-4-26(23)31-19)24-17-30-33-18-20(15-29-27(24)33)25-8-6-21(16-28-25)35-14-11-32-9-12-34-13-10-32;18-15-11-21-23-12-13(9-20-17(15)23)16-2-1-14(10-19-16)25-8-5-22-3-6-24-7-4-22;1-11-9-10-12-13(17-11)7-6-8-14(12)18-19-15(2,3)16(4,5)20-18/h2-8,15-18H,9-14H2,1H3;1-2,9-12H,3-8H2;6-10H,1-5H3. The van der Waals surface area contributed by atoms with Gasteiger partial charge in [-0.15, -0.1) is 5.23 Å². The van der Waals surface area contributed by atoms with E-state index in [9.17, 15) is 0 Å². The lowest BCUT2D eigenvalue weighted by Gasteiger charge is -2.26. The maximum Gasteiger partial charge on any atom is 0.169 e. The number of fused-ring (bicyclic) bond motifs is 4. The molecule has 19 nitrogen and oxygen atoms in total. The van der Waals surface area contributed by atoms with Gasteiger partial charge in [-0.3, -0.25) is 29.7 Å². The molecule has 0 unspecified atom stereocenters. The Morgan fingerprint density at radius 3 is 1.60 bits per heavy atom. The van der Waals surface area contributed by atoms with E-state index in [0.717, 1.165) is 165 Å². The van der Waals surface area contributed by atoms with Crippen LogP contribution < -0.4 is 14.7 Å². The topological polar surface area (TPSA) is 177 Å². The van der Waals surface area contributed by atoms with E-state index < -0.39 is 11.2 Å². The molecule has 0 saturated carbocycles. The molecule has 3 aliphatic heterocycles. The van der Waals surface area contributed by atoms with E-state index >= 15 is 0 Å². The van der Waals surface area contributed by atoms with Crippen LogP contribution in [0.15, 0.2) is 139 Å². The fourth-order valence-electron chi connectivity index (χ4n) is 9.33. The highest BCUT2D eigenvalue weighted by Gasteiger charge is 2.50. The van der Waals surface area contributed by atoms with Gasteiger partial charge in [0.15, 0.2) is 11.3 Å². The molecule has 20 heteroatoms. The normalized spacial score (nSPS) is 16.4. The molecule has 0 atom stereocenters. The van der Waals surface area contributed by atoms with E-state index in [1.54, 1.807) is 33.8 Å². The summed E-state index contributed by atoms with van der Waals surface area (Å²) >= 11 is 3.42. The van der Waals surface area contributed by atoms with E-state index in [-0.39, 0.29) is 0 Å². The molecule has 0 radical (unpaired) electrons. The summed E-state index contributed by atoms with van der Waals surface area (Å²) in [6.45, 7) is 22.2. The molecule has 412 valence electrons. The highest BCUT2D eigenvalue weighted by molar-refractivity contribution is 9.10. The maximum absolute atomic E-state index is 5.97. The first-order valence-electron chi connectivity index (χ1n) is 26.9. The lowest BCUT2D eigenvalue weighted by molar-refractivity contribution is -0.0266. The average molecular weight is 1140 g/mol. The molecule has 2 aromatic carbocycles. The van der Waals surface area contributed by atoms with Crippen LogP contribution in [0.5, 0.6) is 11.5 Å². The fraction of sp³-hybridized carbons (Fsp3) is 0.333. The quantitative estimate of drug-likeness (QED) is 0.113. The van der Waals surface area contributed by atoms with Crippen LogP contribution >= 0.6 is 15.9 Å². The van der Waals surface area contributed by atoms with Gasteiger partial charge in [-0.1, -0.05) is 24.3 Å². The second-order valence-corrected chi connectivity index (χ2v) is 21.6. The van der Waals surface area contributed by atoms with Gasteiger partial charge < -0.3 is 18.9 Å². The smallest absolute Gasteiger partial charge is 0.169 e. The number of aryl methyl sites for hydroxylation is 2. The van der Waals surface area contributed by atoms with Crippen molar-refractivity contribution >= 4 is 54.7 Å². The summed E-state index contributed by atoms with van der Waals surface area (Å²) in [6.07, 6.45) is 14.6. The Hall–Kier alpha value is -7.56. The molecule has 0 amide bonds. The van der Waals surface area contributed by atoms with Crippen LogP contribution in [0.3, 0.4) is 0 Å². The first-order chi connectivity index (χ1) is 38.8. The third-order valence-electron chi connectivity index (χ3n) is 14.6. The van der Waals surface area contributed by atoms with Gasteiger partial charge in [0.1, 0.15) is 41.6 Å². The van der Waals surface area contributed by atoms with Gasteiger partial charge in [-0.2, -0.15) is 10.2 Å². The van der Waals surface area contributed by atoms with Crippen molar-refractivity contribution in [3.8, 4) is 45.1 Å². The van der Waals surface area contributed by atoms with Gasteiger partial charge in [0.2, 0.25) is 0 Å². The summed E-state index contributed by atoms with van der Waals surface area (Å²) < 4.78 is 26.8. The maximum atomic E-state index is 5.97. The van der Waals surface area contributed by atoms with Crippen molar-refractivity contribution in [2.45, 2.75) is 52.7 Å². The second kappa shape index (κ2) is 24.0. The molecule has 10 aromatic rings. The van der Waals surface area contributed by atoms with E-state index in [2.05, 4.69) is 79.0 Å². The number of hydrogen-bond acceptors (Lipinski definition) is 17. The minimum Gasteiger partial charge on any atom is -0.491 e. The number of hydrogen-bond donors (Lipinski definition) is 0. The Bertz CT molecular complexity index is 3720. The zero-order chi connectivity index (χ0) is 55.2. The number of halogens is 1. The largest absolute Gasteiger partial charge is 0.491 e. The molecular formula is C60H64BrN13O6. The SMILES string of the molecule is Brc1cnn2cc(-c3ccc(OCCN4CCOCC4)cn3)cnc12.Cc1ccc2c(-c3cnn4cc(-c5ccc(OCCN6CCOCC6)cn5)cnc34)cccc2n1.Cc1ccc2c(N3OC(C)(C)C(C)(C)O3)cccc2n1. The number of morpholine rings is 2. The molecule has 11 heterocycles. The van der Waals surface area contributed by atoms with Crippen molar-refractivity contribution in [2.75, 3.05) is 84.1 Å². The molecule has 3 fully saturated rings. The molecule has 13 rings (SSSR count). The first-order valence-corrected chi connectivity index (χ1v) is 27.7. The highest BCUT2D eigenvalue weighted by atomic mass is 79.9. The second-order valence-electron chi connectivity index (χ2n) is 20.7. The summed E-state index contributed by atoms with van der Waals surface area (Å²) in [7, 11) is 0. The van der Waals surface area contributed by atoms with E-state index in [1.165, 1.54) is 5.23 Å². The lowest BCUT2D eigenvalue weighted by Crippen LogP contribution is -2.41. The molecule has 0 N–H and O–H groups in total. The molecule has 0 spiro atoms. The number of pyridine rings is 4. The molecule has 0 aliphatic carbocycles. The predicted octanol–water partition coefficient (Wildman–Crippen LogP) is 10.1. The summed E-state index contributed by atoms with van der Waals surface area (Å²) in [6, 6.07) is 28.1. The van der Waals surface area contributed by atoms with Crippen molar-refractivity contribution in [3.05, 3.63) is 150 Å². The molecule has 8 aromatic heterocycles. The third-order valence-corrected chi connectivity index (χ3v) is 15.1. The Labute approximate surface area is 472 Å². The summed E-state index contributed by atoms with van der Waals surface area (Å²) in [5.74, 6) is 1.53. The van der Waals surface area contributed by atoms with E-state index in [4.69, 9.17) is 33.6 Å². The van der Waals surface area contributed by atoms with Crippen LogP contribution in [0.2, 0.25) is 0 Å². The number of ether oxygens (including phenoxy) is 4. The van der Waals surface area contributed by atoms with Crippen molar-refractivity contribution in [2.24, 2.45) is 0 Å². The molecular weight excluding hydrogens is 1080 g/mol. The number of benzene rings is 2. The predicted molar refractivity (Wildman–Crippen MR) is 310 cm³/mol. The summed E-state index contributed by atoms with van der Waals surface area (Å²) in [4.78, 5) is 44.0. The Balaban J connectivity index is 0.000000132. The monoisotopic (exact) mass is 1140 g/mol. The van der Waals surface area contributed by atoms with Gasteiger partial charge in [0.05, 0.1) is 78.1 Å². The Morgan fingerprint density at radius 1 is 0.525 bits per heavy atom. The number of nitrogens with zero attached hydrogens (tertiary/aromatic N) is 13. The van der Waals surface area contributed by atoms with Crippen molar-refractivity contribution < 1.29 is 28.6 Å². The summed E-state index contributed by atoms with van der Waals surface area (Å²) in [5.41, 5.74) is 11.1. The summed E-state index contributed by atoms with van der Waals surface area (Å²) in [5, 5.41) is 12.5. The van der Waals surface area contributed by atoms with Gasteiger partial charge in [0, 0.05) is 103 Å². The minimum atomic E-state index is -0.396. The van der Waals surface area contributed by atoms with E-state index in [0.29, 0.717) is 13.2 Å². The van der Waals surface area contributed by atoms with Crippen LogP contribution in [-0.2, 0) is 19.1 Å². The number of rotatable bonds is 12. The highest BCUT2D eigenvalue weighted by Crippen LogP contribution is 2.42. The Morgan fingerprint density at radius 2 is 1.04 bits per heavy atom. The van der Waals surface area contributed by atoms with Crippen LogP contribution in [-0.4, -0.2) is 149 Å². The Kier molecular flexibility index (Phi) is 16.3. The van der Waals surface area contributed by atoms with Crippen molar-refractivity contribution in [3.63, 3.8) is 0 Å². The third kappa shape index (κ3) is 12.4. The number of anilines is 1. The van der Waals surface area contributed by atoms with Crippen LogP contribution in [0.25, 0.3) is 66.7 Å². The molecule has 3 saturated heterocycles. The van der Waals surface area contributed by atoms with Crippen molar-refractivity contribution in [1.29, 1.82) is 0 Å². The van der Waals surface area contributed by atoms with Crippen LogP contribution in [0.4, 0.5) is 5.69 Å². The van der Waals surface area contributed by atoms with E-state index in [1.807, 2.05) is 133 Å². The van der Waals surface area contributed by atoms with Gasteiger partial charge in [0.25, 0.3) is 0 Å². The first kappa shape index (κ1) is 54.4. The minimum absolute atomic E-state index is 0.396. The zero-order valence-electron chi connectivity index (χ0n) is 45.8. The van der Waals surface area contributed by atoms with Gasteiger partial charge in [-0.05, 0) is 124 Å². The molecule has 80 heavy (non-hydrogen) atoms. The zero-order valence-corrected chi connectivity index (χ0v) is 47.4. The lowest BCUT2D eigenvalue weighted by atomic mass is 9.90. The van der Waals surface area contributed by atoms with Gasteiger partial charge >= 0.3 is 0 Å². The van der Waals surface area contributed by atoms with Gasteiger partial charge in [-0.25, -0.2) is 28.7 Å². The number of aromatic nitrogens is 10. The molecule has 0 bridgehead atoms. The fourth-order valence-corrected chi connectivity index (χ4v) is 9.70. The molecule has 3 aliphatic rings. The average Bonchev–Trinajstić information content (AvgIpc) is 4.17. The van der Waals surface area contributed by atoms with Crippen molar-refractivity contribution in [1.82, 2.24) is 58.9 Å².